The van der Waals surface area contributed by atoms with Gasteiger partial charge < -0.3 is 15.3 Å². The lowest BCUT2D eigenvalue weighted by Crippen LogP contribution is -2.48. The molecule has 6 heteroatoms. The predicted octanol–water partition coefficient (Wildman–Crippen LogP) is 1.01. The Balaban J connectivity index is 1.83. The summed E-state index contributed by atoms with van der Waals surface area (Å²) < 4.78 is 0. The molecule has 1 unspecified atom stereocenters. The largest absolute Gasteiger partial charge is 0.481 e. The predicted molar refractivity (Wildman–Crippen MR) is 76.5 cm³/mol. The first-order valence-corrected chi connectivity index (χ1v) is 7.67. The molecule has 1 aliphatic heterocycles. The van der Waals surface area contributed by atoms with Gasteiger partial charge in [-0.2, -0.15) is 0 Å². The van der Waals surface area contributed by atoms with E-state index in [1.807, 2.05) is 0 Å². The van der Waals surface area contributed by atoms with Crippen molar-refractivity contribution in [1.29, 1.82) is 0 Å². The van der Waals surface area contributed by atoms with Crippen molar-refractivity contribution in [2.45, 2.75) is 45.4 Å². The molecule has 0 aromatic heterocycles. The maximum absolute atomic E-state index is 12.2. The molecule has 1 atom stereocenters. The topological polar surface area (TPSA) is 86.7 Å². The lowest BCUT2D eigenvalue weighted by atomic mass is 9.66. The minimum Gasteiger partial charge on any atom is -0.481 e. The number of carboxylic acids is 1. The third-order valence-corrected chi connectivity index (χ3v) is 4.82. The molecule has 1 saturated heterocycles. The molecule has 2 N–H and O–H groups in total. The molecule has 2 rings (SSSR count). The Morgan fingerprint density at radius 3 is 2.52 bits per heavy atom. The van der Waals surface area contributed by atoms with Crippen molar-refractivity contribution in [2.75, 3.05) is 19.6 Å². The van der Waals surface area contributed by atoms with Crippen LogP contribution in [0.1, 0.15) is 45.4 Å². The number of carbonyl (C=O) groups is 3. The molecule has 2 amide bonds. The number of carbonyl (C=O) groups excluding carboxylic acids is 2. The van der Waals surface area contributed by atoms with Crippen LogP contribution in [-0.4, -0.2) is 47.4 Å². The van der Waals surface area contributed by atoms with Crippen molar-refractivity contribution in [3.05, 3.63) is 0 Å². The number of rotatable bonds is 5. The second-order valence-corrected chi connectivity index (χ2v) is 6.45. The fraction of sp³-hybridized carbons (Fsp3) is 0.800. The standard InChI is InChI=1S/C15H24N2O4/c1-11(18)17-7-2-4-12(9-17)14(21)16-10-15(5-3-6-15)8-13(19)20/h12H,2-10H2,1H3,(H,16,21)(H,19,20). The molecular weight excluding hydrogens is 272 g/mol. The number of nitrogens with one attached hydrogen (secondary N) is 1. The van der Waals surface area contributed by atoms with Gasteiger partial charge in [0, 0.05) is 26.6 Å². The van der Waals surface area contributed by atoms with E-state index in [-0.39, 0.29) is 29.6 Å². The van der Waals surface area contributed by atoms with Gasteiger partial charge in [-0.3, -0.25) is 14.4 Å². The third kappa shape index (κ3) is 3.95. The van der Waals surface area contributed by atoms with Gasteiger partial charge >= 0.3 is 5.97 Å². The van der Waals surface area contributed by atoms with Crippen molar-refractivity contribution in [2.24, 2.45) is 11.3 Å². The van der Waals surface area contributed by atoms with Crippen LogP contribution in [0.25, 0.3) is 0 Å². The highest BCUT2D eigenvalue weighted by atomic mass is 16.4. The maximum atomic E-state index is 12.2. The summed E-state index contributed by atoms with van der Waals surface area (Å²) in [6.07, 6.45) is 4.52. The van der Waals surface area contributed by atoms with Crippen LogP contribution in [0.5, 0.6) is 0 Å². The zero-order valence-electron chi connectivity index (χ0n) is 12.6. The first kappa shape index (κ1) is 15.8. The van der Waals surface area contributed by atoms with Crippen LogP contribution < -0.4 is 5.32 Å². The van der Waals surface area contributed by atoms with Crippen molar-refractivity contribution < 1.29 is 19.5 Å². The van der Waals surface area contributed by atoms with E-state index in [1.165, 1.54) is 6.92 Å². The summed E-state index contributed by atoms with van der Waals surface area (Å²) >= 11 is 0. The Kier molecular flexibility index (Phi) is 4.85. The summed E-state index contributed by atoms with van der Waals surface area (Å²) in [5.74, 6) is -1.000. The first-order chi connectivity index (χ1) is 9.92. The molecule has 2 aliphatic rings. The van der Waals surface area contributed by atoms with Crippen molar-refractivity contribution >= 4 is 17.8 Å². The third-order valence-electron chi connectivity index (χ3n) is 4.82. The summed E-state index contributed by atoms with van der Waals surface area (Å²) in [5, 5.41) is 11.9. The summed E-state index contributed by atoms with van der Waals surface area (Å²) in [5.41, 5.74) is -0.254. The number of hydrogen-bond donors (Lipinski definition) is 2. The normalized spacial score (nSPS) is 24.0. The quantitative estimate of drug-likeness (QED) is 0.792. The second-order valence-electron chi connectivity index (χ2n) is 6.45. The highest BCUT2D eigenvalue weighted by molar-refractivity contribution is 5.80. The minimum atomic E-state index is -0.802. The highest BCUT2D eigenvalue weighted by Crippen LogP contribution is 2.43. The van der Waals surface area contributed by atoms with E-state index in [4.69, 9.17) is 5.11 Å². The van der Waals surface area contributed by atoms with Crippen LogP contribution in [0.2, 0.25) is 0 Å². The zero-order valence-corrected chi connectivity index (χ0v) is 12.6. The van der Waals surface area contributed by atoms with Crippen LogP contribution in [0.3, 0.4) is 0 Å². The summed E-state index contributed by atoms with van der Waals surface area (Å²) in [7, 11) is 0. The molecule has 0 bridgehead atoms. The molecule has 2 fully saturated rings. The fourth-order valence-electron chi connectivity index (χ4n) is 3.31. The molecule has 0 aromatic rings. The van der Waals surface area contributed by atoms with E-state index in [1.54, 1.807) is 4.90 Å². The van der Waals surface area contributed by atoms with Gasteiger partial charge in [0.2, 0.25) is 11.8 Å². The number of piperidine rings is 1. The van der Waals surface area contributed by atoms with Gasteiger partial charge in [-0.15, -0.1) is 0 Å². The van der Waals surface area contributed by atoms with Gasteiger partial charge in [0.25, 0.3) is 0 Å². The average Bonchev–Trinajstić information content (AvgIpc) is 2.41. The average molecular weight is 296 g/mol. The Labute approximate surface area is 124 Å². The van der Waals surface area contributed by atoms with Crippen molar-refractivity contribution in [3.8, 4) is 0 Å². The number of aliphatic carboxylic acids is 1. The molecule has 118 valence electrons. The van der Waals surface area contributed by atoms with Gasteiger partial charge in [-0.05, 0) is 31.1 Å². The smallest absolute Gasteiger partial charge is 0.303 e. The zero-order chi connectivity index (χ0) is 15.5. The van der Waals surface area contributed by atoms with E-state index >= 15 is 0 Å². The van der Waals surface area contributed by atoms with Gasteiger partial charge in [0.05, 0.1) is 12.3 Å². The lowest BCUT2D eigenvalue weighted by Gasteiger charge is -2.41. The van der Waals surface area contributed by atoms with Crippen LogP contribution in [0, 0.1) is 11.3 Å². The number of carboxylic acid groups (broad SMARTS) is 1. The molecule has 1 heterocycles. The Hall–Kier alpha value is -1.59. The van der Waals surface area contributed by atoms with E-state index in [2.05, 4.69) is 5.32 Å². The molecule has 21 heavy (non-hydrogen) atoms. The van der Waals surface area contributed by atoms with E-state index in [9.17, 15) is 14.4 Å². The summed E-state index contributed by atoms with van der Waals surface area (Å²) in [6, 6.07) is 0. The van der Waals surface area contributed by atoms with Crippen LogP contribution >= 0.6 is 0 Å². The number of hydrogen-bond acceptors (Lipinski definition) is 3. The van der Waals surface area contributed by atoms with E-state index in [0.717, 1.165) is 38.6 Å². The molecule has 0 spiro atoms. The van der Waals surface area contributed by atoms with Crippen LogP contribution in [-0.2, 0) is 14.4 Å². The number of likely N-dealkylation sites (tertiary alicyclic amines) is 1. The monoisotopic (exact) mass is 296 g/mol. The Morgan fingerprint density at radius 2 is 2.00 bits per heavy atom. The van der Waals surface area contributed by atoms with E-state index < -0.39 is 5.97 Å². The Morgan fingerprint density at radius 1 is 1.29 bits per heavy atom. The van der Waals surface area contributed by atoms with Gasteiger partial charge in [-0.1, -0.05) is 6.42 Å². The second kappa shape index (κ2) is 6.45. The molecule has 1 aliphatic carbocycles. The van der Waals surface area contributed by atoms with Gasteiger partial charge in [-0.25, -0.2) is 0 Å². The summed E-state index contributed by atoms with van der Waals surface area (Å²) in [4.78, 5) is 36.3. The van der Waals surface area contributed by atoms with Crippen molar-refractivity contribution in [3.63, 3.8) is 0 Å². The molecule has 0 radical (unpaired) electrons. The van der Waals surface area contributed by atoms with Crippen molar-refractivity contribution in [1.82, 2.24) is 10.2 Å². The van der Waals surface area contributed by atoms with Crippen LogP contribution in [0.4, 0.5) is 0 Å². The van der Waals surface area contributed by atoms with E-state index in [0.29, 0.717) is 13.1 Å². The molecular formula is C15H24N2O4. The Bertz CT molecular complexity index is 431. The summed E-state index contributed by atoms with van der Waals surface area (Å²) in [6.45, 7) is 3.17. The number of nitrogens with zero attached hydrogens (tertiary/aromatic N) is 1. The highest BCUT2D eigenvalue weighted by Gasteiger charge is 2.39. The molecule has 0 aromatic carbocycles. The minimum absolute atomic E-state index is 0.00819. The molecule has 1 saturated carbocycles. The fourth-order valence-corrected chi connectivity index (χ4v) is 3.31. The SMILES string of the molecule is CC(=O)N1CCCC(C(=O)NCC2(CC(=O)O)CCC2)C1. The number of amides is 2. The van der Waals surface area contributed by atoms with Crippen LogP contribution in [0.15, 0.2) is 0 Å². The maximum Gasteiger partial charge on any atom is 0.303 e. The first-order valence-electron chi connectivity index (χ1n) is 7.67. The molecule has 6 nitrogen and oxygen atoms in total. The lowest BCUT2D eigenvalue weighted by molar-refractivity contribution is -0.142. The van der Waals surface area contributed by atoms with Gasteiger partial charge in [0.15, 0.2) is 0 Å². The van der Waals surface area contributed by atoms with Gasteiger partial charge in [0.1, 0.15) is 0 Å².